The van der Waals surface area contributed by atoms with Gasteiger partial charge in [-0.15, -0.1) is 0 Å². The fourth-order valence-corrected chi connectivity index (χ4v) is 5.87. The number of fused-ring (bicyclic) bond motifs is 2. The predicted molar refractivity (Wildman–Crippen MR) is 126 cm³/mol. The van der Waals surface area contributed by atoms with Gasteiger partial charge in [-0.3, -0.25) is 9.78 Å². The molecule has 3 aromatic rings. The molecule has 0 aliphatic carbocycles. The Labute approximate surface area is 193 Å². The summed E-state index contributed by atoms with van der Waals surface area (Å²) in [6.07, 6.45) is 5.53. The molecule has 10 heteroatoms. The second kappa shape index (κ2) is 9.40. The van der Waals surface area contributed by atoms with E-state index in [1.165, 1.54) is 3.97 Å². The lowest BCUT2D eigenvalue weighted by Crippen LogP contribution is -2.29. The minimum atomic E-state index is -3.78. The van der Waals surface area contributed by atoms with Crippen LogP contribution < -0.4 is 9.64 Å². The lowest BCUT2D eigenvalue weighted by molar-refractivity contribution is -0.122. The minimum absolute atomic E-state index is 0.229. The first kappa shape index (κ1) is 23.1. The van der Waals surface area contributed by atoms with Gasteiger partial charge in [0.25, 0.3) is 16.5 Å². The van der Waals surface area contributed by atoms with E-state index < -0.39 is 10.0 Å². The molecule has 2 aliphatic heterocycles. The highest BCUT2D eigenvalue weighted by atomic mass is 32.2. The van der Waals surface area contributed by atoms with E-state index >= 15 is 0 Å². The summed E-state index contributed by atoms with van der Waals surface area (Å²) in [5.74, 6) is 0.922. The minimum Gasteiger partial charge on any atom is -0.490 e. The molecule has 4 heterocycles. The topological polar surface area (TPSA) is 105 Å². The molecular formula is C23H28N4O5S. The van der Waals surface area contributed by atoms with Crippen LogP contribution in [0.15, 0.2) is 47.6 Å². The number of likely N-dealkylation sites (N-methyl/N-ethyl adjacent to an activating group) is 1. The predicted octanol–water partition coefficient (Wildman–Crippen LogP) is 2.61. The van der Waals surface area contributed by atoms with Crippen LogP contribution >= 0.6 is 0 Å². The smallest absolute Gasteiger partial charge is 0.290 e. The van der Waals surface area contributed by atoms with Crippen LogP contribution in [-0.4, -0.2) is 74.2 Å². The van der Waals surface area contributed by atoms with Crippen LogP contribution in [0.1, 0.15) is 24.3 Å². The quantitative estimate of drug-likeness (QED) is 0.580. The molecule has 9 nitrogen and oxygen atoms in total. The second-order valence-electron chi connectivity index (χ2n) is 8.34. The molecule has 1 fully saturated rings. The fraction of sp³-hybridized carbons (Fsp3) is 0.391. The number of hydrogen-bond donors (Lipinski definition) is 1. The van der Waals surface area contributed by atoms with E-state index in [4.69, 9.17) is 14.6 Å². The van der Waals surface area contributed by atoms with Crippen molar-refractivity contribution in [1.82, 2.24) is 13.9 Å². The zero-order valence-corrected chi connectivity index (χ0v) is 19.5. The Morgan fingerprint density at radius 3 is 2.61 bits per heavy atom. The lowest BCUT2D eigenvalue weighted by atomic mass is 9.91. The summed E-state index contributed by atoms with van der Waals surface area (Å²) >= 11 is 0. The van der Waals surface area contributed by atoms with Gasteiger partial charge in [0.05, 0.1) is 28.2 Å². The van der Waals surface area contributed by atoms with E-state index in [1.54, 1.807) is 30.6 Å². The number of aromatic nitrogens is 2. The number of nitrogens with zero attached hydrogens (tertiary/aromatic N) is 4. The van der Waals surface area contributed by atoms with Gasteiger partial charge in [-0.1, -0.05) is 0 Å². The molecule has 1 aromatic carbocycles. The third-order valence-corrected chi connectivity index (χ3v) is 7.97. The van der Waals surface area contributed by atoms with Gasteiger partial charge in [-0.05, 0) is 63.2 Å². The molecule has 0 radical (unpaired) electrons. The van der Waals surface area contributed by atoms with Crippen molar-refractivity contribution in [3.05, 3.63) is 48.3 Å². The molecule has 5 rings (SSSR count). The van der Waals surface area contributed by atoms with Crippen molar-refractivity contribution in [2.45, 2.75) is 23.7 Å². The van der Waals surface area contributed by atoms with Crippen LogP contribution in [0.5, 0.6) is 5.75 Å². The average Bonchev–Trinajstić information content (AvgIpc) is 3.21. The molecule has 0 saturated carbocycles. The maximum absolute atomic E-state index is 13.6. The van der Waals surface area contributed by atoms with Crippen molar-refractivity contribution in [3.8, 4) is 5.75 Å². The number of piperidine rings is 1. The SMILES string of the molecule is CN1CCC(c2cn(S(=O)(=O)c3ccc4c(c3)OCCN4C)c3cccnc23)CC1.O=CO. The molecule has 0 amide bonds. The molecule has 0 bridgehead atoms. The van der Waals surface area contributed by atoms with Crippen LogP contribution in [0.3, 0.4) is 0 Å². The molecule has 0 unspecified atom stereocenters. The Morgan fingerprint density at radius 1 is 1.15 bits per heavy atom. The summed E-state index contributed by atoms with van der Waals surface area (Å²) in [5.41, 5.74) is 3.34. The van der Waals surface area contributed by atoms with Gasteiger partial charge >= 0.3 is 0 Å². The number of likely N-dealkylation sites (tertiary alicyclic amines) is 1. The van der Waals surface area contributed by atoms with E-state index in [1.807, 2.05) is 19.2 Å². The maximum Gasteiger partial charge on any atom is 0.290 e. The Morgan fingerprint density at radius 2 is 1.88 bits per heavy atom. The first-order valence-corrected chi connectivity index (χ1v) is 12.3. The van der Waals surface area contributed by atoms with Gasteiger partial charge < -0.3 is 19.6 Å². The molecule has 1 N–H and O–H groups in total. The number of anilines is 1. The fourth-order valence-electron chi connectivity index (χ4n) is 4.48. The van der Waals surface area contributed by atoms with Crippen LogP contribution in [0.2, 0.25) is 0 Å². The van der Waals surface area contributed by atoms with Gasteiger partial charge in [-0.25, -0.2) is 12.4 Å². The number of pyridine rings is 1. The molecule has 1 saturated heterocycles. The van der Waals surface area contributed by atoms with E-state index in [-0.39, 0.29) is 11.4 Å². The number of carbonyl (C=O) groups is 1. The summed E-state index contributed by atoms with van der Waals surface area (Å²) in [7, 11) is 0.326. The van der Waals surface area contributed by atoms with Gasteiger partial charge in [-0.2, -0.15) is 0 Å². The Balaban J connectivity index is 0.000000821. The largest absolute Gasteiger partial charge is 0.490 e. The van der Waals surface area contributed by atoms with Crippen molar-refractivity contribution < 1.29 is 23.1 Å². The Bertz CT molecular complexity index is 1250. The molecule has 2 aliphatic rings. The third-order valence-electron chi connectivity index (χ3n) is 6.30. The number of rotatable bonds is 3. The van der Waals surface area contributed by atoms with Crippen molar-refractivity contribution in [1.29, 1.82) is 0 Å². The summed E-state index contributed by atoms with van der Waals surface area (Å²) < 4.78 is 34.4. The van der Waals surface area contributed by atoms with Gasteiger partial charge in [0.1, 0.15) is 12.4 Å². The van der Waals surface area contributed by atoms with Crippen molar-refractivity contribution in [2.24, 2.45) is 0 Å². The molecule has 2 aromatic heterocycles. The highest BCUT2D eigenvalue weighted by Crippen LogP contribution is 2.37. The molecule has 0 atom stereocenters. The summed E-state index contributed by atoms with van der Waals surface area (Å²) in [6.45, 7) is 3.09. The maximum atomic E-state index is 13.6. The van der Waals surface area contributed by atoms with E-state index in [2.05, 4.69) is 21.8 Å². The first-order valence-electron chi connectivity index (χ1n) is 10.8. The first-order chi connectivity index (χ1) is 15.9. The third kappa shape index (κ3) is 4.40. The average molecular weight is 473 g/mol. The van der Waals surface area contributed by atoms with Crippen LogP contribution in [-0.2, 0) is 14.8 Å². The van der Waals surface area contributed by atoms with Crippen LogP contribution in [0, 0.1) is 0 Å². The van der Waals surface area contributed by atoms with Gasteiger partial charge in [0, 0.05) is 31.1 Å². The Hall–Kier alpha value is -3.11. The number of ether oxygens (including phenoxy) is 1. The zero-order valence-electron chi connectivity index (χ0n) is 18.7. The van der Waals surface area contributed by atoms with Crippen molar-refractivity contribution >= 4 is 33.2 Å². The summed E-state index contributed by atoms with van der Waals surface area (Å²) in [5, 5.41) is 6.89. The van der Waals surface area contributed by atoms with Gasteiger partial charge in [0.2, 0.25) is 0 Å². The van der Waals surface area contributed by atoms with E-state index in [0.717, 1.165) is 49.2 Å². The normalized spacial score (nSPS) is 17.1. The Kier molecular flexibility index (Phi) is 6.57. The van der Waals surface area contributed by atoms with Crippen LogP contribution in [0.25, 0.3) is 11.0 Å². The monoisotopic (exact) mass is 472 g/mol. The van der Waals surface area contributed by atoms with E-state index in [9.17, 15) is 8.42 Å². The number of hydrogen-bond acceptors (Lipinski definition) is 7. The zero-order chi connectivity index (χ0) is 23.6. The summed E-state index contributed by atoms with van der Waals surface area (Å²) in [4.78, 5) is 17.5. The molecule has 176 valence electrons. The molecular weight excluding hydrogens is 444 g/mol. The standard InChI is InChI=1S/C22H26N4O3S.CH2O2/c1-24-10-7-16(8-11-24)18-15-26(20-4-3-9-23-22(18)20)30(27,28)17-5-6-19-21(14-17)29-13-12-25(19)2;2-1-3/h3-6,9,14-16H,7-8,10-13H2,1-2H3;1H,(H,2,3). The highest BCUT2D eigenvalue weighted by Gasteiger charge is 2.28. The van der Waals surface area contributed by atoms with Gasteiger partial charge in [0.15, 0.2) is 0 Å². The van der Waals surface area contributed by atoms with E-state index in [0.29, 0.717) is 23.8 Å². The van der Waals surface area contributed by atoms with Crippen molar-refractivity contribution in [2.75, 3.05) is 45.2 Å². The number of benzene rings is 1. The molecule has 33 heavy (non-hydrogen) atoms. The molecule has 0 spiro atoms. The highest BCUT2D eigenvalue weighted by molar-refractivity contribution is 7.90. The van der Waals surface area contributed by atoms with Crippen molar-refractivity contribution in [3.63, 3.8) is 0 Å². The number of carboxylic acid groups (broad SMARTS) is 1. The second-order valence-corrected chi connectivity index (χ2v) is 10.2. The lowest BCUT2D eigenvalue weighted by Gasteiger charge is -2.28. The summed E-state index contributed by atoms with van der Waals surface area (Å²) in [6, 6.07) is 8.75. The van der Waals surface area contributed by atoms with Crippen LogP contribution in [0.4, 0.5) is 5.69 Å².